The Labute approximate surface area is 131 Å². The zero-order valence-electron chi connectivity index (χ0n) is 10.9. The number of hydrogen-bond donors (Lipinski definition) is 1. The van der Waals surface area contributed by atoms with Crippen LogP contribution in [-0.4, -0.2) is 14.8 Å². The van der Waals surface area contributed by atoms with Crippen LogP contribution in [-0.2, 0) is 16.6 Å². The largest absolute Gasteiger partial charge is 0.399 e. The minimum absolute atomic E-state index is 0.221. The van der Waals surface area contributed by atoms with Gasteiger partial charge in [-0.15, -0.1) is 4.40 Å². The maximum atomic E-state index is 11.9. The third kappa shape index (κ3) is 2.66. The first-order valence-corrected chi connectivity index (χ1v) is 8.41. The summed E-state index contributed by atoms with van der Waals surface area (Å²) in [5, 5.41) is 0. The molecule has 0 fully saturated rings. The van der Waals surface area contributed by atoms with Gasteiger partial charge in [0.15, 0.2) is 0 Å². The highest BCUT2D eigenvalue weighted by Crippen LogP contribution is 2.31. The highest BCUT2D eigenvalue weighted by molar-refractivity contribution is 9.10. The summed E-state index contributed by atoms with van der Waals surface area (Å²) in [7, 11) is -3.59. The molecule has 0 saturated carbocycles. The summed E-state index contributed by atoms with van der Waals surface area (Å²) < 4.78 is 28.4. The lowest BCUT2D eigenvalue weighted by Gasteiger charge is -2.25. The summed E-state index contributed by atoms with van der Waals surface area (Å²) in [6.07, 6.45) is 1.35. The third-order valence-corrected chi connectivity index (χ3v) is 5.21. The van der Waals surface area contributed by atoms with Crippen molar-refractivity contribution in [3.05, 3.63) is 52.5 Å². The standard InChI is InChI=1S/C14H12BrN3O2S/c15-12-7-11(16)6-5-10(12)8-18-9-17-21(19,20)14-4-2-1-3-13(14)18/h1-7,9H,8,16H2. The molecule has 7 heteroatoms. The SMILES string of the molecule is Nc1ccc(CN2C=NS(=O)(=O)c3ccccc32)c(Br)c1. The number of nitrogen functional groups attached to an aromatic ring is 1. The van der Waals surface area contributed by atoms with E-state index in [4.69, 9.17) is 5.73 Å². The van der Waals surface area contributed by atoms with Gasteiger partial charge in [0.2, 0.25) is 0 Å². The molecule has 0 aromatic heterocycles. The summed E-state index contributed by atoms with van der Waals surface area (Å²) in [5.41, 5.74) is 8.00. The molecule has 0 radical (unpaired) electrons. The van der Waals surface area contributed by atoms with Gasteiger partial charge in [-0.3, -0.25) is 0 Å². The first-order chi connectivity index (χ1) is 9.97. The normalized spacial score (nSPS) is 15.8. The van der Waals surface area contributed by atoms with Crippen molar-refractivity contribution in [3.8, 4) is 0 Å². The molecule has 21 heavy (non-hydrogen) atoms. The molecule has 1 aliphatic rings. The molecule has 0 aliphatic carbocycles. The molecule has 0 atom stereocenters. The van der Waals surface area contributed by atoms with Crippen molar-refractivity contribution in [1.29, 1.82) is 0 Å². The van der Waals surface area contributed by atoms with Gasteiger partial charge in [0, 0.05) is 10.2 Å². The lowest BCUT2D eigenvalue weighted by molar-refractivity contribution is 0.597. The lowest BCUT2D eigenvalue weighted by Crippen LogP contribution is -2.26. The van der Waals surface area contributed by atoms with Crippen molar-refractivity contribution < 1.29 is 8.42 Å². The molecule has 1 aliphatic heterocycles. The van der Waals surface area contributed by atoms with E-state index in [-0.39, 0.29) is 4.90 Å². The van der Waals surface area contributed by atoms with Crippen molar-refractivity contribution in [2.24, 2.45) is 4.40 Å². The van der Waals surface area contributed by atoms with Gasteiger partial charge < -0.3 is 10.6 Å². The zero-order valence-corrected chi connectivity index (χ0v) is 13.3. The number of anilines is 2. The number of halogens is 1. The van der Waals surface area contributed by atoms with Gasteiger partial charge in [0.05, 0.1) is 12.2 Å². The predicted molar refractivity (Wildman–Crippen MR) is 86.9 cm³/mol. The first-order valence-electron chi connectivity index (χ1n) is 6.17. The molecule has 2 aromatic carbocycles. The number of fused-ring (bicyclic) bond motifs is 1. The quantitative estimate of drug-likeness (QED) is 0.830. The Morgan fingerprint density at radius 2 is 1.95 bits per heavy atom. The number of nitrogens with two attached hydrogens (primary N) is 1. The van der Waals surface area contributed by atoms with Crippen molar-refractivity contribution in [3.63, 3.8) is 0 Å². The van der Waals surface area contributed by atoms with E-state index < -0.39 is 10.0 Å². The molecule has 2 N–H and O–H groups in total. The number of sulfonamides is 1. The number of nitrogens with zero attached hydrogens (tertiary/aromatic N) is 2. The molecule has 5 nitrogen and oxygen atoms in total. The monoisotopic (exact) mass is 365 g/mol. The Bertz CT molecular complexity index is 834. The van der Waals surface area contributed by atoms with E-state index in [1.807, 2.05) is 18.2 Å². The van der Waals surface area contributed by atoms with Gasteiger partial charge in [-0.05, 0) is 29.8 Å². The Hall–Kier alpha value is -1.86. The summed E-state index contributed by atoms with van der Waals surface area (Å²) in [6.45, 7) is 0.497. The number of benzene rings is 2. The van der Waals surface area contributed by atoms with Crippen LogP contribution in [0.25, 0.3) is 0 Å². The van der Waals surface area contributed by atoms with Gasteiger partial charge in [-0.2, -0.15) is 8.42 Å². The fourth-order valence-corrected chi connectivity index (χ4v) is 3.73. The Balaban J connectivity index is 2.01. The lowest BCUT2D eigenvalue weighted by atomic mass is 10.2. The van der Waals surface area contributed by atoms with Crippen molar-refractivity contribution >= 4 is 43.7 Å². The van der Waals surface area contributed by atoms with E-state index in [1.165, 1.54) is 6.34 Å². The third-order valence-electron chi connectivity index (χ3n) is 3.20. The molecule has 1 heterocycles. The summed E-state index contributed by atoms with van der Waals surface area (Å²) in [6, 6.07) is 12.4. The van der Waals surface area contributed by atoms with Gasteiger partial charge in [0.25, 0.3) is 10.0 Å². The fraction of sp³-hybridized carbons (Fsp3) is 0.0714. The second-order valence-electron chi connectivity index (χ2n) is 4.64. The van der Waals surface area contributed by atoms with E-state index in [9.17, 15) is 8.42 Å². The Kier molecular flexibility index (Phi) is 3.46. The van der Waals surface area contributed by atoms with E-state index in [2.05, 4.69) is 20.3 Å². The highest BCUT2D eigenvalue weighted by Gasteiger charge is 2.25. The predicted octanol–water partition coefficient (Wildman–Crippen LogP) is 2.77. The van der Waals surface area contributed by atoms with Crippen LogP contribution in [0.3, 0.4) is 0 Å². The van der Waals surface area contributed by atoms with Gasteiger partial charge in [-0.25, -0.2) is 0 Å². The molecule has 0 saturated heterocycles. The second kappa shape index (κ2) is 5.16. The average Bonchev–Trinajstić information content (AvgIpc) is 2.45. The molecule has 0 amide bonds. The Morgan fingerprint density at radius 1 is 1.19 bits per heavy atom. The smallest absolute Gasteiger partial charge is 0.285 e. The Morgan fingerprint density at radius 3 is 2.71 bits per heavy atom. The minimum atomic E-state index is -3.59. The minimum Gasteiger partial charge on any atom is -0.399 e. The maximum Gasteiger partial charge on any atom is 0.285 e. The summed E-state index contributed by atoms with van der Waals surface area (Å²) >= 11 is 3.47. The van der Waals surface area contributed by atoms with Crippen LogP contribution >= 0.6 is 15.9 Å². The van der Waals surface area contributed by atoms with Crippen LogP contribution in [0.1, 0.15) is 5.56 Å². The molecule has 108 valence electrons. The molecule has 0 spiro atoms. The summed E-state index contributed by atoms with van der Waals surface area (Å²) in [4.78, 5) is 2.02. The summed E-state index contributed by atoms with van der Waals surface area (Å²) in [5.74, 6) is 0. The van der Waals surface area contributed by atoms with Crippen LogP contribution in [0.2, 0.25) is 0 Å². The van der Waals surface area contributed by atoms with Gasteiger partial charge in [-0.1, -0.05) is 34.1 Å². The topological polar surface area (TPSA) is 75.8 Å². The van der Waals surface area contributed by atoms with Gasteiger partial charge in [0.1, 0.15) is 11.2 Å². The fourth-order valence-electron chi connectivity index (χ4n) is 2.15. The van der Waals surface area contributed by atoms with E-state index in [0.717, 1.165) is 10.0 Å². The van der Waals surface area contributed by atoms with Crippen LogP contribution < -0.4 is 10.6 Å². The van der Waals surface area contributed by atoms with Crippen LogP contribution in [0.4, 0.5) is 11.4 Å². The number of hydrogen-bond acceptors (Lipinski definition) is 4. The second-order valence-corrected chi connectivity index (χ2v) is 7.10. The van der Waals surface area contributed by atoms with Crippen LogP contribution in [0, 0.1) is 0 Å². The molecular formula is C14H12BrN3O2S. The molecular weight excluding hydrogens is 354 g/mol. The van der Waals surface area contributed by atoms with Crippen molar-refractivity contribution in [1.82, 2.24) is 0 Å². The van der Waals surface area contributed by atoms with Crippen LogP contribution in [0.5, 0.6) is 0 Å². The van der Waals surface area contributed by atoms with Gasteiger partial charge >= 0.3 is 0 Å². The highest BCUT2D eigenvalue weighted by atomic mass is 79.9. The first kappa shape index (κ1) is 14.1. The number of rotatable bonds is 2. The maximum absolute atomic E-state index is 11.9. The van der Waals surface area contributed by atoms with Crippen molar-refractivity contribution in [2.75, 3.05) is 10.6 Å². The molecule has 0 unspecified atom stereocenters. The zero-order chi connectivity index (χ0) is 15.0. The molecule has 2 aromatic rings. The van der Waals surface area contributed by atoms with Crippen molar-refractivity contribution in [2.45, 2.75) is 11.4 Å². The number of para-hydroxylation sites is 1. The van der Waals surface area contributed by atoms with E-state index in [1.54, 1.807) is 29.2 Å². The molecule has 3 rings (SSSR count). The van der Waals surface area contributed by atoms with E-state index in [0.29, 0.717) is 17.9 Å². The van der Waals surface area contributed by atoms with E-state index >= 15 is 0 Å². The van der Waals surface area contributed by atoms with Crippen LogP contribution in [0.15, 0.2) is 56.2 Å². The molecule has 0 bridgehead atoms. The average molecular weight is 366 g/mol.